The number of carbonyl (C=O) groups excluding carboxylic acids is 1. The van der Waals surface area contributed by atoms with Gasteiger partial charge in [0.1, 0.15) is 0 Å². The minimum atomic E-state index is 0.0251. The van der Waals surface area contributed by atoms with E-state index in [0.29, 0.717) is 17.1 Å². The number of aryl methyl sites for hydroxylation is 1. The van der Waals surface area contributed by atoms with Crippen LogP contribution < -0.4 is 0 Å². The standard InChI is InChI=1S/C25H24ClNO/c1-19-13-14-22(24(26)15-19)16-23(25(28)21-11-7-4-8-12-21)18-27(2)17-20-9-5-3-6-10-20/h3-16H,17-18H2,1-2H3/b23-16+. The number of nitrogens with zero attached hydrogens (tertiary/aromatic N) is 1. The third-order valence-corrected chi connectivity index (χ3v) is 4.88. The smallest absolute Gasteiger partial charge is 0.190 e. The van der Waals surface area contributed by atoms with Gasteiger partial charge >= 0.3 is 0 Å². The molecule has 142 valence electrons. The molecule has 0 aliphatic heterocycles. The number of likely N-dealkylation sites (N-methyl/N-ethyl adjacent to an activating group) is 1. The maximum Gasteiger partial charge on any atom is 0.190 e. The molecule has 0 spiro atoms. The molecular formula is C25H24ClNO. The van der Waals surface area contributed by atoms with Crippen molar-refractivity contribution in [2.24, 2.45) is 0 Å². The minimum absolute atomic E-state index is 0.0251. The number of halogens is 1. The van der Waals surface area contributed by atoms with Gasteiger partial charge in [0.15, 0.2) is 5.78 Å². The second-order valence-electron chi connectivity index (χ2n) is 7.05. The second-order valence-corrected chi connectivity index (χ2v) is 7.45. The van der Waals surface area contributed by atoms with Crippen LogP contribution in [0, 0.1) is 6.92 Å². The average Bonchev–Trinajstić information content (AvgIpc) is 2.70. The highest BCUT2D eigenvalue weighted by Crippen LogP contribution is 2.22. The van der Waals surface area contributed by atoms with Crippen molar-refractivity contribution >= 4 is 23.5 Å². The molecule has 0 heterocycles. The van der Waals surface area contributed by atoms with Crippen molar-refractivity contribution in [3.05, 3.63) is 112 Å². The van der Waals surface area contributed by atoms with Crippen LogP contribution in [0.3, 0.4) is 0 Å². The predicted octanol–water partition coefficient (Wildman–Crippen LogP) is 6.05. The zero-order chi connectivity index (χ0) is 19.9. The van der Waals surface area contributed by atoms with Crippen LogP contribution in [-0.2, 0) is 6.54 Å². The molecule has 2 nitrogen and oxygen atoms in total. The topological polar surface area (TPSA) is 20.3 Å². The molecule has 0 aliphatic rings. The molecule has 0 unspecified atom stereocenters. The monoisotopic (exact) mass is 389 g/mol. The van der Waals surface area contributed by atoms with Crippen LogP contribution in [0.5, 0.6) is 0 Å². The van der Waals surface area contributed by atoms with E-state index in [1.54, 1.807) is 0 Å². The van der Waals surface area contributed by atoms with Gasteiger partial charge in [-0.3, -0.25) is 9.69 Å². The van der Waals surface area contributed by atoms with Crippen LogP contribution in [0.4, 0.5) is 0 Å². The van der Waals surface area contributed by atoms with Crippen molar-refractivity contribution in [1.29, 1.82) is 0 Å². The molecule has 0 atom stereocenters. The Balaban J connectivity index is 1.89. The molecule has 0 saturated carbocycles. The summed E-state index contributed by atoms with van der Waals surface area (Å²) in [7, 11) is 2.02. The van der Waals surface area contributed by atoms with Gasteiger partial charge in [-0.2, -0.15) is 0 Å². The zero-order valence-corrected chi connectivity index (χ0v) is 17.0. The lowest BCUT2D eigenvalue weighted by Gasteiger charge is -2.19. The van der Waals surface area contributed by atoms with Crippen LogP contribution >= 0.6 is 11.6 Å². The second kappa shape index (κ2) is 9.50. The lowest BCUT2D eigenvalue weighted by atomic mass is 10.00. The van der Waals surface area contributed by atoms with Gasteiger partial charge in [0.2, 0.25) is 0 Å². The normalized spacial score (nSPS) is 11.6. The van der Waals surface area contributed by atoms with Gasteiger partial charge in [-0.25, -0.2) is 0 Å². The number of ketones is 1. The zero-order valence-electron chi connectivity index (χ0n) is 16.2. The quantitative estimate of drug-likeness (QED) is 0.362. The summed E-state index contributed by atoms with van der Waals surface area (Å²) in [6.07, 6.45) is 1.92. The lowest BCUT2D eigenvalue weighted by Crippen LogP contribution is -2.24. The molecule has 3 aromatic rings. The van der Waals surface area contributed by atoms with E-state index in [0.717, 1.165) is 23.2 Å². The van der Waals surface area contributed by atoms with E-state index < -0.39 is 0 Å². The summed E-state index contributed by atoms with van der Waals surface area (Å²) in [6, 6.07) is 25.5. The molecule has 0 amide bonds. The fourth-order valence-electron chi connectivity index (χ4n) is 3.14. The van der Waals surface area contributed by atoms with Gasteiger partial charge in [-0.15, -0.1) is 0 Å². The first-order chi connectivity index (χ1) is 13.5. The molecule has 0 N–H and O–H groups in total. The van der Waals surface area contributed by atoms with E-state index in [1.165, 1.54) is 5.56 Å². The van der Waals surface area contributed by atoms with Crippen LogP contribution in [-0.4, -0.2) is 24.3 Å². The number of hydrogen-bond acceptors (Lipinski definition) is 2. The Morgan fingerprint density at radius 2 is 1.61 bits per heavy atom. The van der Waals surface area contributed by atoms with Crippen LogP contribution in [0.15, 0.2) is 84.4 Å². The Labute approximate surface area is 172 Å². The van der Waals surface area contributed by atoms with Crippen molar-refractivity contribution in [2.45, 2.75) is 13.5 Å². The first kappa shape index (κ1) is 20.1. The molecule has 3 rings (SSSR count). The predicted molar refractivity (Wildman–Crippen MR) is 118 cm³/mol. The van der Waals surface area contributed by atoms with Crippen molar-refractivity contribution in [3.8, 4) is 0 Å². The van der Waals surface area contributed by atoms with Crippen molar-refractivity contribution in [3.63, 3.8) is 0 Å². The third-order valence-electron chi connectivity index (χ3n) is 4.55. The summed E-state index contributed by atoms with van der Waals surface area (Å²) in [4.78, 5) is 15.3. The van der Waals surface area contributed by atoms with E-state index >= 15 is 0 Å². The van der Waals surface area contributed by atoms with Crippen molar-refractivity contribution in [1.82, 2.24) is 4.90 Å². The summed E-state index contributed by atoms with van der Waals surface area (Å²) in [6.45, 7) is 3.30. The fraction of sp³-hybridized carbons (Fsp3) is 0.160. The molecule has 3 heteroatoms. The Morgan fingerprint density at radius 3 is 2.25 bits per heavy atom. The highest BCUT2D eigenvalue weighted by molar-refractivity contribution is 6.32. The lowest BCUT2D eigenvalue weighted by molar-refractivity contribution is 0.102. The molecule has 0 aliphatic carbocycles. The average molecular weight is 390 g/mol. The van der Waals surface area contributed by atoms with Crippen molar-refractivity contribution in [2.75, 3.05) is 13.6 Å². The van der Waals surface area contributed by atoms with Crippen molar-refractivity contribution < 1.29 is 4.79 Å². The Kier molecular flexibility index (Phi) is 6.80. The molecule has 0 bridgehead atoms. The molecular weight excluding hydrogens is 366 g/mol. The summed E-state index contributed by atoms with van der Waals surface area (Å²) < 4.78 is 0. The van der Waals surface area contributed by atoms with Gasteiger partial charge < -0.3 is 0 Å². The Morgan fingerprint density at radius 1 is 0.964 bits per heavy atom. The molecule has 0 radical (unpaired) electrons. The number of hydrogen-bond donors (Lipinski definition) is 0. The van der Waals surface area contributed by atoms with Gasteiger partial charge in [-0.1, -0.05) is 84.4 Å². The first-order valence-electron chi connectivity index (χ1n) is 9.32. The fourth-order valence-corrected chi connectivity index (χ4v) is 3.43. The Bertz CT molecular complexity index is 964. The van der Waals surface area contributed by atoms with Gasteiger partial charge in [0.05, 0.1) is 0 Å². The largest absolute Gasteiger partial charge is 0.298 e. The summed E-state index contributed by atoms with van der Waals surface area (Å²) >= 11 is 6.42. The molecule has 0 fully saturated rings. The summed E-state index contributed by atoms with van der Waals surface area (Å²) in [5, 5.41) is 0.657. The molecule has 28 heavy (non-hydrogen) atoms. The summed E-state index contributed by atoms with van der Waals surface area (Å²) in [5.74, 6) is 0.0251. The highest BCUT2D eigenvalue weighted by atomic mass is 35.5. The van der Waals surface area contributed by atoms with E-state index in [2.05, 4.69) is 17.0 Å². The Hall–Kier alpha value is -2.68. The number of rotatable bonds is 7. The maximum absolute atomic E-state index is 13.2. The van der Waals surface area contributed by atoms with Gasteiger partial charge in [0.25, 0.3) is 0 Å². The molecule has 0 aromatic heterocycles. The van der Waals surface area contributed by atoms with Crippen LogP contribution in [0.1, 0.15) is 27.0 Å². The molecule has 0 saturated heterocycles. The van der Waals surface area contributed by atoms with E-state index in [4.69, 9.17) is 11.6 Å². The van der Waals surface area contributed by atoms with Crippen LogP contribution in [0.25, 0.3) is 6.08 Å². The minimum Gasteiger partial charge on any atom is -0.298 e. The first-order valence-corrected chi connectivity index (χ1v) is 9.69. The van der Waals surface area contributed by atoms with Gasteiger partial charge in [-0.05, 0) is 42.8 Å². The highest BCUT2D eigenvalue weighted by Gasteiger charge is 2.15. The van der Waals surface area contributed by atoms with Crippen LogP contribution in [0.2, 0.25) is 5.02 Å². The van der Waals surface area contributed by atoms with E-state index in [9.17, 15) is 4.79 Å². The molecule has 3 aromatic carbocycles. The SMILES string of the molecule is Cc1ccc(/C=C(\CN(C)Cc2ccccc2)C(=O)c2ccccc2)c(Cl)c1. The van der Waals surface area contributed by atoms with E-state index in [1.807, 2.05) is 86.8 Å². The third kappa shape index (κ3) is 5.41. The maximum atomic E-state index is 13.2. The number of Topliss-reactive ketones (excluding diaryl/α,β-unsaturated/α-hetero) is 1. The summed E-state index contributed by atoms with van der Waals surface area (Å²) in [5.41, 5.74) is 4.57. The van der Waals surface area contributed by atoms with Gasteiger partial charge in [0, 0.05) is 29.2 Å². The number of carbonyl (C=O) groups is 1. The number of benzene rings is 3. The van der Waals surface area contributed by atoms with E-state index in [-0.39, 0.29) is 5.78 Å².